The first kappa shape index (κ1) is 14.2. The zero-order valence-electron chi connectivity index (χ0n) is 10.9. The fraction of sp³-hybridized carbons (Fsp3) is 0.385. The van der Waals surface area contributed by atoms with Crippen LogP contribution in [-0.2, 0) is 20.9 Å². The standard InChI is InChI=1S/C13H18N2O3/c1-4-18-13(17)12(16)14-11-8-6-5-7-10(11)9-15(2)3/h5-8H,4,9H2,1-3H3,(H,14,16). The number of para-hydroxylation sites is 1. The summed E-state index contributed by atoms with van der Waals surface area (Å²) in [5, 5.41) is 2.56. The van der Waals surface area contributed by atoms with Gasteiger partial charge in [0.1, 0.15) is 0 Å². The molecule has 1 rings (SSSR count). The highest BCUT2D eigenvalue weighted by Crippen LogP contribution is 2.16. The topological polar surface area (TPSA) is 58.6 Å². The molecule has 0 fully saturated rings. The molecule has 0 bridgehead atoms. The lowest BCUT2D eigenvalue weighted by Crippen LogP contribution is -2.26. The first-order valence-corrected chi connectivity index (χ1v) is 5.75. The lowest BCUT2D eigenvalue weighted by molar-refractivity contribution is -0.152. The summed E-state index contributed by atoms with van der Waals surface area (Å²) in [6.45, 7) is 2.52. The summed E-state index contributed by atoms with van der Waals surface area (Å²) in [5.41, 5.74) is 1.57. The Labute approximate surface area is 107 Å². The lowest BCUT2D eigenvalue weighted by atomic mass is 10.1. The SMILES string of the molecule is CCOC(=O)C(=O)Nc1ccccc1CN(C)C. The molecule has 0 aliphatic rings. The molecule has 0 aromatic heterocycles. The Morgan fingerprint density at radius 2 is 1.94 bits per heavy atom. The number of ether oxygens (including phenoxy) is 1. The van der Waals surface area contributed by atoms with E-state index in [2.05, 4.69) is 10.1 Å². The Morgan fingerprint density at radius 3 is 2.56 bits per heavy atom. The fourth-order valence-corrected chi connectivity index (χ4v) is 1.49. The van der Waals surface area contributed by atoms with Crippen molar-refractivity contribution in [3.8, 4) is 0 Å². The van der Waals surface area contributed by atoms with Crippen LogP contribution in [0, 0.1) is 0 Å². The maximum absolute atomic E-state index is 11.5. The van der Waals surface area contributed by atoms with Gasteiger partial charge in [0.2, 0.25) is 0 Å². The zero-order valence-corrected chi connectivity index (χ0v) is 10.9. The van der Waals surface area contributed by atoms with E-state index in [-0.39, 0.29) is 6.61 Å². The number of benzene rings is 1. The Kier molecular flexibility index (Phi) is 5.32. The highest BCUT2D eigenvalue weighted by Gasteiger charge is 2.16. The van der Waals surface area contributed by atoms with Gasteiger partial charge in [-0.2, -0.15) is 0 Å². The van der Waals surface area contributed by atoms with E-state index in [9.17, 15) is 9.59 Å². The smallest absolute Gasteiger partial charge is 0.397 e. The number of rotatable bonds is 4. The van der Waals surface area contributed by atoms with Crippen LogP contribution in [-0.4, -0.2) is 37.5 Å². The molecular formula is C13H18N2O3. The molecule has 1 aromatic carbocycles. The number of hydrogen-bond donors (Lipinski definition) is 1. The van der Waals surface area contributed by atoms with Crippen LogP contribution in [0.1, 0.15) is 12.5 Å². The van der Waals surface area contributed by atoms with Crippen LogP contribution in [0.3, 0.4) is 0 Å². The van der Waals surface area contributed by atoms with E-state index in [1.807, 2.05) is 31.1 Å². The van der Waals surface area contributed by atoms with Gasteiger partial charge in [-0.3, -0.25) is 4.79 Å². The summed E-state index contributed by atoms with van der Waals surface area (Å²) >= 11 is 0. The van der Waals surface area contributed by atoms with E-state index in [1.54, 1.807) is 19.1 Å². The third-order valence-corrected chi connectivity index (χ3v) is 2.21. The van der Waals surface area contributed by atoms with Crippen molar-refractivity contribution in [2.24, 2.45) is 0 Å². The van der Waals surface area contributed by atoms with Crippen LogP contribution in [0.2, 0.25) is 0 Å². The second-order valence-corrected chi connectivity index (χ2v) is 4.07. The molecule has 0 heterocycles. The van der Waals surface area contributed by atoms with Crippen molar-refractivity contribution in [3.63, 3.8) is 0 Å². The van der Waals surface area contributed by atoms with Gasteiger partial charge in [0.15, 0.2) is 0 Å². The zero-order chi connectivity index (χ0) is 13.5. The van der Waals surface area contributed by atoms with Crippen LogP contribution >= 0.6 is 0 Å². The van der Waals surface area contributed by atoms with E-state index in [4.69, 9.17) is 0 Å². The number of esters is 1. The van der Waals surface area contributed by atoms with E-state index in [1.165, 1.54) is 0 Å². The monoisotopic (exact) mass is 250 g/mol. The number of nitrogens with one attached hydrogen (secondary N) is 1. The summed E-state index contributed by atoms with van der Waals surface area (Å²) in [7, 11) is 3.87. The molecule has 0 unspecified atom stereocenters. The molecule has 0 aliphatic heterocycles. The van der Waals surface area contributed by atoms with E-state index in [0.29, 0.717) is 12.2 Å². The normalized spacial score (nSPS) is 10.2. The van der Waals surface area contributed by atoms with E-state index < -0.39 is 11.9 Å². The molecule has 0 spiro atoms. The highest BCUT2D eigenvalue weighted by atomic mass is 16.5. The molecule has 0 atom stereocenters. The molecule has 1 aromatic rings. The minimum atomic E-state index is -0.864. The van der Waals surface area contributed by atoms with E-state index >= 15 is 0 Å². The van der Waals surface area contributed by atoms with Crippen LogP contribution < -0.4 is 5.32 Å². The number of hydrogen-bond acceptors (Lipinski definition) is 4. The molecule has 1 amide bonds. The molecule has 0 saturated carbocycles. The molecule has 0 radical (unpaired) electrons. The number of carbonyl (C=O) groups excluding carboxylic acids is 2. The van der Waals surface area contributed by atoms with Gasteiger partial charge in [0, 0.05) is 12.2 Å². The second-order valence-electron chi connectivity index (χ2n) is 4.07. The maximum atomic E-state index is 11.5. The van der Waals surface area contributed by atoms with Crippen LogP contribution in [0.25, 0.3) is 0 Å². The average molecular weight is 250 g/mol. The third-order valence-electron chi connectivity index (χ3n) is 2.21. The number of carbonyl (C=O) groups is 2. The van der Waals surface area contributed by atoms with Gasteiger partial charge in [0.25, 0.3) is 0 Å². The molecule has 5 nitrogen and oxygen atoms in total. The quantitative estimate of drug-likeness (QED) is 0.645. The van der Waals surface area contributed by atoms with Gasteiger partial charge in [0.05, 0.1) is 6.61 Å². The fourth-order valence-electron chi connectivity index (χ4n) is 1.49. The summed E-state index contributed by atoms with van der Waals surface area (Å²) in [4.78, 5) is 24.8. The Morgan fingerprint density at radius 1 is 1.28 bits per heavy atom. The summed E-state index contributed by atoms with van der Waals surface area (Å²) in [6.07, 6.45) is 0. The minimum absolute atomic E-state index is 0.186. The molecular weight excluding hydrogens is 232 g/mol. The predicted octanol–water partition coefficient (Wildman–Crippen LogP) is 1.25. The number of nitrogens with zero attached hydrogens (tertiary/aromatic N) is 1. The molecule has 5 heteroatoms. The number of anilines is 1. The van der Waals surface area contributed by atoms with Crippen LogP contribution in [0.4, 0.5) is 5.69 Å². The lowest BCUT2D eigenvalue weighted by Gasteiger charge is -2.14. The highest BCUT2D eigenvalue weighted by molar-refractivity contribution is 6.37. The van der Waals surface area contributed by atoms with Crippen molar-refractivity contribution in [1.29, 1.82) is 0 Å². The Balaban J connectivity index is 2.77. The van der Waals surface area contributed by atoms with Gasteiger partial charge in [-0.15, -0.1) is 0 Å². The molecule has 0 aliphatic carbocycles. The molecule has 1 N–H and O–H groups in total. The first-order chi connectivity index (χ1) is 8.54. The van der Waals surface area contributed by atoms with Gasteiger partial charge in [-0.25, -0.2) is 4.79 Å². The first-order valence-electron chi connectivity index (χ1n) is 5.75. The van der Waals surface area contributed by atoms with Gasteiger partial charge in [-0.05, 0) is 32.6 Å². The predicted molar refractivity (Wildman–Crippen MR) is 69.1 cm³/mol. The summed E-state index contributed by atoms with van der Waals surface area (Å²) in [6, 6.07) is 7.36. The van der Waals surface area contributed by atoms with Crippen molar-refractivity contribution in [2.45, 2.75) is 13.5 Å². The van der Waals surface area contributed by atoms with Crippen molar-refractivity contribution in [2.75, 3.05) is 26.0 Å². The largest absolute Gasteiger partial charge is 0.459 e. The number of amides is 1. The Hall–Kier alpha value is -1.88. The maximum Gasteiger partial charge on any atom is 0.397 e. The molecule has 18 heavy (non-hydrogen) atoms. The summed E-state index contributed by atoms with van der Waals surface area (Å²) in [5.74, 6) is -1.61. The van der Waals surface area contributed by atoms with Crippen LogP contribution in [0.15, 0.2) is 24.3 Å². The second kappa shape index (κ2) is 6.76. The van der Waals surface area contributed by atoms with Crippen molar-refractivity contribution < 1.29 is 14.3 Å². The summed E-state index contributed by atoms with van der Waals surface area (Å²) < 4.78 is 4.64. The van der Waals surface area contributed by atoms with Gasteiger partial charge < -0.3 is 15.0 Å². The molecule has 0 saturated heterocycles. The minimum Gasteiger partial charge on any atom is -0.459 e. The average Bonchev–Trinajstić information content (AvgIpc) is 2.31. The van der Waals surface area contributed by atoms with Gasteiger partial charge >= 0.3 is 11.9 Å². The van der Waals surface area contributed by atoms with E-state index in [0.717, 1.165) is 5.56 Å². The van der Waals surface area contributed by atoms with Crippen molar-refractivity contribution in [3.05, 3.63) is 29.8 Å². The Bertz CT molecular complexity index is 430. The third kappa shape index (κ3) is 4.18. The molecule has 98 valence electrons. The van der Waals surface area contributed by atoms with Crippen molar-refractivity contribution >= 4 is 17.6 Å². The van der Waals surface area contributed by atoms with Crippen molar-refractivity contribution in [1.82, 2.24) is 4.90 Å². The van der Waals surface area contributed by atoms with Gasteiger partial charge in [-0.1, -0.05) is 18.2 Å². The van der Waals surface area contributed by atoms with Crippen LogP contribution in [0.5, 0.6) is 0 Å².